The number of methoxy groups -OCH3 is 1. The number of alkyl carbamates (subject to hydrolysis) is 1. The number of aromatic nitrogens is 3. The molecule has 0 bridgehead atoms. The molecule has 0 aliphatic heterocycles. The third-order valence-corrected chi connectivity index (χ3v) is 6.42. The number of thiophene rings is 1. The number of aliphatic hydroxyl groups excluding tert-OH is 1. The summed E-state index contributed by atoms with van der Waals surface area (Å²) in [6.45, 7) is 7.62. The molecular weight excluding hydrogens is 468 g/mol. The van der Waals surface area contributed by atoms with Crippen molar-refractivity contribution in [3.8, 4) is 16.2 Å². The third-order valence-electron chi connectivity index (χ3n) is 5.23. The summed E-state index contributed by atoms with van der Waals surface area (Å²) in [6, 6.07) is 8.21. The number of nitrogens with zero attached hydrogens (tertiary/aromatic N) is 3. The van der Waals surface area contributed by atoms with Gasteiger partial charge in [0.15, 0.2) is 5.82 Å². The molecule has 186 valence electrons. The fourth-order valence-electron chi connectivity index (χ4n) is 3.78. The Morgan fingerprint density at radius 1 is 1.29 bits per heavy atom. The molecule has 3 aromatic heterocycles. The summed E-state index contributed by atoms with van der Waals surface area (Å²) in [7, 11) is 1.67. The Morgan fingerprint density at radius 3 is 2.77 bits per heavy atom. The van der Waals surface area contributed by atoms with Gasteiger partial charge in [-0.25, -0.2) is 14.3 Å². The molecule has 3 heterocycles. The molecule has 4 rings (SSSR count). The van der Waals surface area contributed by atoms with Crippen LogP contribution in [0.25, 0.3) is 26.0 Å². The van der Waals surface area contributed by atoms with E-state index in [1.54, 1.807) is 43.7 Å². The zero-order chi connectivity index (χ0) is 25.3. The van der Waals surface area contributed by atoms with Crippen LogP contribution in [0.1, 0.15) is 32.0 Å². The molecule has 0 saturated carbocycles. The lowest BCUT2D eigenvalue weighted by Crippen LogP contribution is -2.42. The summed E-state index contributed by atoms with van der Waals surface area (Å²) in [4.78, 5) is 17.0. The van der Waals surface area contributed by atoms with Crippen LogP contribution in [-0.4, -0.2) is 51.3 Å². The molecule has 1 amide bonds. The molecular formula is C24H30N6O4S. The van der Waals surface area contributed by atoms with Gasteiger partial charge in [0.2, 0.25) is 0 Å². The highest BCUT2D eigenvalue weighted by molar-refractivity contribution is 7.22. The molecule has 1 atom stereocenters. The first-order valence-corrected chi connectivity index (χ1v) is 12.0. The zero-order valence-electron chi connectivity index (χ0n) is 20.4. The van der Waals surface area contributed by atoms with E-state index in [9.17, 15) is 9.90 Å². The van der Waals surface area contributed by atoms with Crippen LogP contribution < -0.4 is 21.1 Å². The maximum Gasteiger partial charge on any atom is 0.407 e. The van der Waals surface area contributed by atoms with Gasteiger partial charge < -0.3 is 25.6 Å². The summed E-state index contributed by atoms with van der Waals surface area (Å²) in [5.41, 5.74) is 9.10. The van der Waals surface area contributed by atoms with E-state index < -0.39 is 17.9 Å². The van der Waals surface area contributed by atoms with Crippen LogP contribution in [0.4, 0.5) is 10.6 Å². The number of carbonyl (C=O) groups is 1. The maximum absolute atomic E-state index is 11.8. The number of aryl methyl sites for hydroxylation is 1. The highest BCUT2D eigenvalue weighted by Crippen LogP contribution is 2.42. The molecule has 0 radical (unpaired) electrons. The van der Waals surface area contributed by atoms with Crippen LogP contribution in [0.5, 0.6) is 5.75 Å². The fraction of sp³-hybridized carbons (Fsp3) is 0.375. The van der Waals surface area contributed by atoms with Gasteiger partial charge in [-0.15, -0.1) is 11.3 Å². The Balaban J connectivity index is 1.58. The molecule has 0 spiro atoms. The molecule has 0 aliphatic carbocycles. The van der Waals surface area contributed by atoms with Gasteiger partial charge in [0.1, 0.15) is 29.4 Å². The van der Waals surface area contributed by atoms with E-state index in [1.165, 1.54) is 6.33 Å². The van der Waals surface area contributed by atoms with Crippen molar-refractivity contribution in [2.24, 2.45) is 0 Å². The van der Waals surface area contributed by atoms with Crippen molar-refractivity contribution in [3.63, 3.8) is 0 Å². The minimum Gasteiger partial charge on any atom is -0.495 e. The van der Waals surface area contributed by atoms with Gasteiger partial charge in [-0.2, -0.15) is 5.10 Å². The predicted octanol–water partition coefficient (Wildman–Crippen LogP) is 3.44. The molecule has 11 heteroatoms. The summed E-state index contributed by atoms with van der Waals surface area (Å²) < 4.78 is 13.5. The first-order valence-electron chi connectivity index (χ1n) is 11.1. The van der Waals surface area contributed by atoms with Crippen LogP contribution in [-0.2, 0) is 11.3 Å². The number of hydrogen-bond donors (Lipinski definition) is 4. The van der Waals surface area contributed by atoms with Crippen LogP contribution in [0.2, 0.25) is 0 Å². The molecule has 0 fully saturated rings. The number of aliphatic hydroxyl groups is 1. The highest BCUT2D eigenvalue weighted by Gasteiger charge is 2.20. The Hall–Kier alpha value is -3.41. The smallest absolute Gasteiger partial charge is 0.407 e. The van der Waals surface area contributed by atoms with E-state index in [-0.39, 0.29) is 13.1 Å². The number of rotatable bonds is 7. The summed E-state index contributed by atoms with van der Waals surface area (Å²) in [5, 5.41) is 21.3. The van der Waals surface area contributed by atoms with Gasteiger partial charge in [-0.3, -0.25) is 5.32 Å². The van der Waals surface area contributed by atoms with E-state index in [2.05, 4.69) is 32.8 Å². The number of benzene rings is 1. The lowest BCUT2D eigenvalue weighted by Gasteiger charge is -2.20. The van der Waals surface area contributed by atoms with E-state index in [4.69, 9.17) is 15.2 Å². The van der Waals surface area contributed by atoms with Gasteiger partial charge >= 0.3 is 6.09 Å². The zero-order valence-corrected chi connectivity index (χ0v) is 21.2. The minimum atomic E-state index is -0.993. The average Bonchev–Trinajstić information content (AvgIpc) is 3.36. The van der Waals surface area contributed by atoms with Crippen molar-refractivity contribution in [1.29, 1.82) is 0 Å². The van der Waals surface area contributed by atoms with Crippen molar-refractivity contribution >= 4 is 38.9 Å². The van der Waals surface area contributed by atoms with E-state index >= 15 is 0 Å². The second-order valence-corrected chi connectivity index (χ2v) is 10.3. The molecule has 0 saturated heterocycles. The van der Waals surface area contributed by atoms with Crippen LogP contribution in [0.3, 0.4) is 0 Å². The Labute approximate surface area is 207 Å². The molecule has 4 aromatic rings. The largest absolute Gasteiger partial charge is 0.495 e. The van der Waals surface area contributed by atoms with Crippen molar-refractivity contribution < 1.29 is 19.4 Å². The van der Waals surface area contributed by atoms with Crippen molar-refractivity contribution in [2.75, 3.05) is 19.4 Å². The summed E-state index contributed by atoms with van der Waals surface area (Å²) >= 11 is 1.61. The van der Waals surface area contributed by atoms with Gasteiger partial charge in [0, 0.05) is 17.0 Å². The number of carbonyl (C=O) groups excluding carboxylic acids is 1. The predicted molar refractivity (Wildman–Crippen MR) is 137 cm³/mol. The molecule has 5 N–H and O–H groups in total. The first kappa shape index (κ1) is 24.7. The number of fused-ring (bicyclic) bond motifs is 2. The number of nitrogen functional groups attached to an aromatic ring is 1. The lowest BCUT2D eigenvalue weighted by atomic mass is 10.1. The number of anilines is 1. The van der Waals surface area contributed by atoms with Crippen LogP contribution >= 0.6 is 11.3 Å². The van der Waals surface area contributed by atoms with Crippen molar-refractivity contribution in [3.05, 3.63) is 41.9 Å². The number of amides is 1. The second-order valence-electron chi connectivity index (χ2n) is 9.23. The lowest BCUT2D eigenvalue weighted by molar-refractivity contribution is 0.0473. The fourth-order valence-corrected chi connectivity index (χ4v) is 4.93. The SMILES string of the molecule is COc1cc(C)cc2cc(-c3cc(CNC(O)CNC(=O)OC(C)(C)C)n4ncnc(N)c34)sc12. The third kappa shape index (κ3) is 5.47. The van der Waals surface area contributed by atoms with Gasteiger partial charge in [-0.1, -0.05) is 6.07 Å². The van der Waals surface area contributed by atoms with Crippen molar-refractivity contribution in [1.82, 2.24) is 25.2 Å². The monoisotopic (exact) mass is 498 g/mol. The Kier molecular flexibility index (Phi) is 6.84. The van der Waals surface area contributed by atoms with E-state index in [0.717, 1.165) is 37.5 Å². The van der Waals surface area contributed by atoms with E-state index in [1.807, 2.05) is 19.1 Å². The summed E-state index contributed by atoms with van der Waals surface area (Å²) in [6.07, 6.45) is -0.190. The van der Waals surface area contributed by atoms with Crippen LogP contribution in [0, 0.1) is 6.92 Å². The minimum absolute atomic E-state index is 0.0162. The van der Waals surface area contributed by atoms with Crippen LogP contribution in [0.15, 0.2) is 30.6 Å². The second kappa shape index (κ2) is 9.68. The van der Waals surface area contributed by atoms with Gasteiger partial charge in [0.05, 0.1) is 24.0 Å². The quantitative estimate of drug-likeness (QED) is 0.285. The van der Waals surface area contributed by atoms with E-state index in [0.29, 0.717) is 11.3 Å². The number of hydrogen-bond acceptors (Lipinski definition) is 9. The van der Waals surface area contributed by atoms with Crippen molar-refractivity contribution in [2.45, 2.75) is 46.1 Å². The normalized spacial score (nSPS) is 12.7. The molecule has 10 nitrogen and oxygen atoms in total. The summed E-state index contributed by atoms with van der Waals surface area (Å²) in [5.74, 6) is 1.18. The Morgan fingerprint density at radius 2 is 2.06 bits per heavy atom. The standard InChI is InChI=1S/C24H30N6O4S/c1-13-6-14-8-18(35-21(14)17(7-13)33-5)16-9-15(30-20(16)22(25)28-12-29-30)10-26-19(31)11-27-23(32)34-24(2,3)4/h6-9,12,19,26,31H,10-11H2,1-5H3,(H,27,32)(H2,25,28,29). The number of nitrogens with two attached hydrogens (primary N) is 1. The number of nitrogens with one attached hydrogen (secondary N) is 2. The number of ether oxygens (including phenoxy) is 2. The maximum atomic E-state index is 11.8. The topological polar surface area (TPSA) is 136 Å². The molecule has 1 unspecified atom stereocenters. The molecule has 1 aromatic carbocycles. The highest BCUT2D eigenvalue weighted by atomic mass is 32.1. The molecule has 0 aliphatic rings. The average molecular weight is 499 g/mol. The van der Waals surface area contributed by atoms with Gasteiger partial charge in [-0.05, 0) is 56.8 Å². The Bertz CT molecular complexity index is 1370. The first-order chi connectivity index (χ1) is 16.6. The van der Waals surface area contributed by atoms with Gasteiger partial charge in [0.25, 0.3) is 0 Å². The molecule has 35 heavy (non-hydrogen) atoms.